The Balaban J connectivity index is 1.63. The highest BCUT2D eigenvalue weighted by Gasteiger charge is 2.30. The maximum atomic E-state index is 12.6. The van der Waals surface area contributed by atoms with Crippen LogP contribution < -0.4 is 10.6 Å². The van der Waals surface area contributed by atoms with Crippen molar-refractivity contribution in [1.29, 1.82) is 0 Å². The number of nitrogens with one attached hydrogen (secondary N) is 2. The van der Waals surface area contributed by atoms with Gasteiger partial charge in [-0.2, -0.15) is 13.2 Å². The normalized spacial score (nSPS) is 18.3. The fourth-order valence-corrected chi connectivity index (χ4v) is 2.75. The SMILES string of the molecule is O=C1COC[C@H]([C@H](O)c2ccc(NC(=O)c3ccc(C(F)(F)F)cc3)cc2)N1. The molecular formula is C19H17F3N2O4. The van der Waals surface area contributed by atoms with Crippen molar-refractivity contribution in [2.45, 2.75) is 18.3 Å². The van der Waals surface area contributed by atoms with E-state index in [1.807, 2.05) is 0 Å². The molecule has 9 heteroatoms. The van der Waals surface area contributed by atoms with E-state index in [2.05, 4.69) is 10.6 Å². The van der Waals surface area contributed by atoms with Gasteiger partial charge in [-0.25, -0.2) is 0 Å². The Morgan fingerprint density at radius 1 is 1.14 bits per heavy atom. The first kappa shape index (κ1) is 19.8. The van der Waals surface area contributed by atoms with E-state index >= 15 is 0 Å². The monoisotopic (exact) mass is 394 g/mol. The zero-order valence-corrected chi connectivity index (χ0v) is 14.5. The van der Waals surface area contributed by atoms with Crippen LogP contribution in [0.5, 0.6) is 0 Å². The van der Waals surface area contributed by atoms with Crippen molar-refractivity contribution in [3.05, 3.63) is 65.2 Å². The van der Waals surface area contributed by atoms with Crippen LogP contribution in [0, 0.1) is 0 Å². The highest BCUT2D eigenvalue weighted by Crippen LogP contribution is 2.29. The van der Waals surface area contributed by atoms with Gasteiger partial charge in [0, 0.05) is 11.3 Å². The summed E-state index contributed by atoms with van der Waals surface area (Å²) < 4.78 is 42.8. The molecule has 0 aromatic heterocycles. The van der Waals surface area contributed by atoms with Gasteiger partial charge in [0.05, 0.1) is 18.2 Å². The molecule has 2 amide bonds. The third kappa shape index (κ3) is 4.68. The highest BCUT2D eigenvalue weighted by atomic mass is 19.4. The lowest BCUT2D eigenvalue weighted by molar-refractivity contribution is -0.137. The fourth-order valence-electron chi connectivity index (χ4n) is 2.75. The van der Waals surface area contributed by atoms with E-state index in [1.54, 1.807) is 24.3 Å². The molecule has 0 spiro atoms. The van der Waals surface area contributed by atoms with Crippen molar-refractivity contribution in [3.63, 3.8) is 0 Å². The summed E-state index contributed by atoms with van der Waals surface area (Å²) >= 11 is 0. The van der Waals surface area contributed by atoms with E-state index in [-0.39, 0.29) is 24.7 Å². The summed E-state index contributed by atoms with van der Waals surface area (Å²) in [5, 5.41) is 15.5. The molecule has 1 aliphatic heterocycles. The molecular weight excluding hydrogens is 377 g/mol. The van der Waals surface area contributed by atoms with Crippen LogP contribution in [0.2, 0.25) is 0 Å². The standard InChI is InChI=1S/C19H17F3N2O4/c20-19(21,22)13-5-1-12(2-6-13)18(27)23-14-7-3-11(4-8-14)17(26)15-9-28-10-16(25)24-15/h1-8,15,17,26H,9-10H2,(H,23,27)(H,24,25)/t15-,17-/m1/s1. The average Bonchev–Trinajstić information content (AvgIpc) is 2.67. The van der Waals surface area contributed by atoms with E-state index in [4.69, 9.17) is 4.74 Å². The van der Waals surface area contributed by atoms with E-state index < -0.39 is 29.8 Å². The highest BCUT2D eigenvalue weighted by molar-refractivity contribution is 6.04. The number of anilines is 1. The van der Waals surface area contributed by atoms with Crippen molar-refractivity contribution >= 4 is 17.5 Å². The molecule has 1 heterocycles. The Bertz CT molecular complexity index is 851. The summed E-state index contributed by atoms with van der Waals surface area (Å²) in [7, 11) is 0. The average molecular weight is 394 g/mol. The number of carbonyl (C=O) groups is 2. The van der Waals surface area contributed by atoms with Crippen LogP contribution in [0.25, 0.3) is 0 Å². The van der Waals surface area contributed by atoms with Crippen LogP contribution in [-0.2, 0) is 15.7 Å². The molecule has 0 saturated carbocycles. The fraction of sp³-hybridized carbons (Fsp3) is 0.263. The van der Waals surface area contributed by atoms with Gasteiger partial charge in [0.25, 0.3) is 5.91 Å². The third-order valence-electron chi connectivity index (χ3n) is 4.24. The van der Waals surface area contributed by atoms with E-state index in [0.717, 1.165) is 24.3 Å². The number of alkyl halides is 3. The number of halogens is 3. The van der Waals surface area contributed by atoms with Crippen molar-refractivity contribution in [2.24, 2.45) is 0 Å². The molecule has 2 aromatic rings. The molecule has 1 fully saturated rings. The molecule has 3 N–H and O–H groups in total. The number of aliphatic hydroxyl groups excluding tert-OH is 1. The number of carbonyl (C=O) groups excluding carboxylic acids is 2. The van der Waals surface area contributed by atoms with E-state index in [1.165, 1.54) is 0 Å². The molecule has 2 aromatic carbocycles. The van der Waals surface area contributed by atoms with Gasteiger partial charge in [0.2, 0.25) is 5.91 Å². The minimum Gasteiger partial charge on any atom is -0.386 e. The van der Waals surface area contributed by atoms with Crippen molar-refractivity contribution < 1.29 is 32.6 Å². The quantitative estimate of drug-likeness (QED) is 0.744. The molecule has 1 saturated heterocycles. The Kier molecular flexibility index (Phi) is 5.66. The van der Waals surface area contributed by atoms with Crippen molar-refractivity contribution in [2.75, 3.05) is 18.5 Å². The third-order valence-corrected chi connectivity index (χ3v) is 4.24. The lowest BCUT2D eigenvalue weighted by atomic mass is 10.0. The smallest absolute Gasteiger partial charge is 0.386 e. The Morgan fingerprint density at radius 3 is 2.36 bits per heavy atom. The second-order valence-electron chi connectivity index (χ2n) is 6.29. The van der Waals surface area contributed by atoms with Crippen molar-refractivity contribution in [3.8, 4) is 0 Å². The Hall–Kier alpha value is -2.91. The lowest BCUT2D eigenvalue weighted by Crippen LogP contribution is -2.48. The van der Waals surface area contributed by atoms with Crippen molar-refractivity contribution in [1.82, 2.24) is 5.32 Å². The number of aliphatic hydroxyl groups is 1. The van der Waals surface area contributed by atoms with E-state index in [0.29, 0.717) is 11.3 Å². The molecule has 148 valence electrons. The molecule has 0 unspecified atom stereocenters. The van der Waals surface area contributed by atoms with Gasteiger partial charge in [-0.1, -0.05) is 12.1 Å². The number of ether oxygens (including phenoxy) is 1. The van der Waals surface area contributed by atoms with Crippen LogP contribution in [0.15, 0.2) is 48.5 Å². The molecule has 0 aliphatic carbocycles. The summed E-state index contributed by atoms with van der Waals surface area (Å²) in [6.07, 6.45) is -5.45. The molecule has 1 aliphatic rings. The number of hydrogen-bond acceptors (Lipinski definition) is 4. The predicted molar refractivity (Wildman–Crippen MR) is 93.5 cm³/mol. The van der Waals surface area contributed by atoms with Gasteiger partial charge in [0.15, 0.2) is 0 Å². The maximum Gasteiger partial charge on any atom is 0.416 e. The molecule has 3 rings (SSSR count). The zero-order valence-electron chi connectivity index (χ0n) is 14.5. The van der Waals surface area contributed by atoms with Crippen LogP contribution in [0.1, 0.15) is 27.6 Å². The Labute approximate surface area is 158 Å². The molecule has 2 atom stereocenters. The van der Waals surface area contributed by atoms with Crippen LogP contribution in [-0.4, -0.2) is 36.2 Å². The summed E-state index contributed by atoms with van der Waals surface area (Å²) in [6, 6.07) is 9.56. The van der Waals surface area contributed by atoms with E-state index in [9.17, 15) is 27.9 Å². The number of rotatable bonds is 4. The zero-order chi connectivity index (χ0) is 20.3. The summed E-state index contributed by atoms with van der Waals surface area (Å²) in [5.41, 5.74) is 0.174. The minimum absolute atomic E-state index is 0.0435. The molecule has 0 bridgehead atoms. The molecule has 0 radical (unpaired) electrons. The number of benzene rings is 2. The summed E-state index contributed by atoms with van der Waals surface area (Å²) in [4.78, 5) is 23.5. The van der Waals surface area contributed by atoms with Crippen LogP contribution in [0.3, 0.4) is 0 Å². The second-order valence-corrected chi connectivity index (χ2v) is 6.29. The summed E-state index contributed by atoms with van der Waals surface area (Å²) in [6.45, 7) is 0.136. The van der Waals surface area contributed by atoms with Crippen LogP contribution in [0.4, 0.5) is 18.9 Å². The van der Waals surface area contributed by atoms with Gasteiger partial charge >= 0.3 is 6.18 Å². The lowest BCUT2D eigenvalue weighted by Gasteiger charge is -2.28. The first-order valence-corrected chi connectivity index (χ1v) is 8.38. The first-order valence-electron chi connectivity index (χ1n) is 8.38. The van der Waals surface area contributed by atoms with Crippen LogP contribution >= 0.6 is 0 Å². The topological polar surface area (TPSA) is 87.7 Å². The van der Waals surface area contributed by atoms with Gasteiger partial charge in [-0.3, -0.25) is 9.59 Å². The first-order chi connectivity index (χ1) is 13.2. The number of hydrogen-bond donors (Lipinski definition) is 3. The Morgan fingerprint density at radius 2 is 1.79 bits per heavy atom. The molecule has 6 nitrogen and oxygen atoms in total. The predicted octanol–water partition coefficient (Wildman–Crippen LogP) is 2.51. The van der Waals surface area contributed by atoms with Gasteiger partial charge in [-0.15, -0.1) is 0 Å². The second kappa shape index (κ2) is 7.99. The van der Waals surface area contributed by atoms with Gasteiger partial charge in [-0.05, 0) is 42.0 Å². The summed E-state index contributed by atoms with van der Waals surface area (Å²) in [5.74, 6) is -0.870. The maximum absolute atomic E-state index is 12.6. The largest absolute Gasteiger partial charge is 0.416 e. The number of amides is 2. The van der Waals surface area contributed by atoms with Gasteiger partial charge in [0.1, 0.15) is 12.7 Å². The minimum atomic E-state index is -4.46. The molecule has 28 heavy (non-hydrogen) atoms. The number of morpholine rings is 1. The van der Waals surface area contributed by atoms with Gasteiger partial charge < -0.3 is 20.5 Å².